The molecule has 0 fully saturated rings. The van der Waals surface area contributed by atoms with E-state index < -0.39 is 27.9 Å². The molecule has 0 aromatic heterocycles. The maximum atomic E-state index is 13.3. The first-order valence-corrected chi connectivity index (χ1v) is 8.69. The van der Waals surface area contributed by atoms with Gasteiger partial charge in [-0.15, -0.1) is 0 Å². The molecule has 0 aliphatic rings. The van der Waals surface area contributed by atoms with Gasteiger partial charge in [-0.1, -0.05) is 18.2 Å². The van der Waals surface area contributed by atoms with Gasteiger partial charge in [0, 0.05) is 6.04 Å². The van der Waals surface area contributed by atoms with Crippen molar-refractivity contribution in [1.29, 1.82) is 0 Å². The molecule has 0 spiro atoms. The summed E-state index contributed by atoms with van der Waals surface area (Å²) in [6, 6.07) is 9.37. The number of ether oxygens (including phenoxy) is 1. The number of carbonyl (C=O) groups excluding carboxylic acids is 1. The summed E-state index contributed by atoms with van der Waals surface area (Å²) >= 11 is 0. The lowest BCUT2D eigenvalue weighted by Crippen LogP contribution is -2.27. The van der Waals surface area contributed by atoms with Crippen molar-refractivity contribution in [2.75, 3.05) is 7.11 Å². The van der Waals surface area contributed by atoms with Crippen molar-refractivity contribution in [2.24, 2.45) is 0 Å². The van der Waals surface area contributed by atoms with Gasteiger partial charge in [0.1, 0.15) is 5.82 Å². The molecule has 128 valence electrons. The molecule has 0 unspecified atom stereocenters. The van der Waals surface area contributed by atoms with Crippen molar-refractivity contribution in [3.8, 4) is 0 Å². The minimum absolute atomic E-state index is 0.0198. The predicted octanol–water partition coefficient (Wildman–Crippen LogP) is 2.96. The minimum atomic E-state index is -3.90. The molecule has 0 bridgehead atoms. The van der Waals surface area contributed by atoms with E-state index in [0.29, 0.717) is 11.1 Å². The molecule has 0 radical (unpaired) electrons. The third-order valence-corrected chi connectivity index (χ3v) is 5.26. The summed E-state index contributed by atoms with van der Waals surface area (Å²) in [7, 11) is -2.67. The number of hydrogen-bond acceptors (Lipinski definition) is 4. The van der Waals surface area contributed by atoms with Crippen molar-refractivity contribution in [1.82, 2.24) is 4.72 Å². The molecule has 2 aromatic carbocycles. The second kappa shape index (κ2) is 7.11. The van der Waals surface area contributed by atoms with Gasteiger partial charge in [-0.2, -0.15) is 0 Å². The van der Waals surface area contributed by atoms with Crippen LogP contribution in [0.1, 0.15) is 34.5 Å². The van der Waals surface area contributed by atoms with Crippen molar-refractivity contribution < 1.29 is 22.3 Å². The van der Waals surface area contributed by atoms with E-state index >= 15 is 0 Å². The summed E-state index contributed by atoms with van der Waals surface area (Å²) in [5, 5.41) is 0. The van der Waals surface area contributed by atoms with E-state index in [9.17, 15) is 17.6 Å². The summed E-state index contributed by atoms with van der Waals surface area (Å²) in [6.07, 6.45) is 0. The molecule has 5 nitrogen and oxygen atoms in total. The number of nitrogens with one attached hydrogen (secondary N) is 1. The van der Waals surface area contributed by atoms with Gasteiger partial charge >= 0.3 is 5.97 Å². The Morgan fingerprint density at radius 1 is 1.21 bits per heavy atom. The zero-order valence-electron chi connectivity index (χ0n) is 13.5. The van der Waals surface area contributed by atoms with Gasteiger partial charge < -0.3 is 4.74 Å². The molecule has 0 aliphatic carbocycles. The van der Waals surface area contributed by atoms with E-state index in [0.717, 1.165) is 0 Å². The summed E-state index contributed by atoms with van der Waals surface area (Å²) < 4.78 is 45.7. The highest BCUT2D eigenvalue weighted by Crippen LogP contribution is 2.21. The predicted molar refractivity (Wildman–Crippen MR) is 87.7 cm³/mol. The lowest BCUT2D eigenvalue weighted by molar-refractivity contribution is 0.0600. The second-order valence-electron chi connectivity index (χ2n) is 5.37. The van der Waals surface area contributed by atoms with Crippen LogP contribution in [0, 0.1) is 12.7 Å². The average Bonchev–Trinajstić information content (AvgIpc) is 2.54. The van der Waals surface area contributed by atoms with Crippen LogP contribution in [-0.4, -0.2) is 21.5 Å². The largest absolute Gasteiger partial charge is 0.465 e. The fraction of sp³-hybridized carbons (Fsp3) is 0.235. The van der Waals surface area contributed by atoms with E-state index in [-0.39, 0.29) is 10.5 Å². The number of sulfonamides is 1. The van der Waals surface area contributed by atoms with Crippen LogP contribution in [-0.2, 0) is 14.8 Å². The van der Waals surface area contributed by atoms with Gasteiger partial charge in [-0.25, -0.2) is 22.3 Å². The maximum absolute atomic E-state index is 13.3. The number of benzene rings is 2. The van der Waals surface area contributed by atoms with Gasteiger partial charge in [-0.05, 0) is 49.2 Å². The Hall–Kier alpha value is -2.25. The summed E-state index contributed by atoms with van der Waals surface area (Å²) in [5.74, 6) is -1.06. The molecule has 1 N–H and O–H groups in total. The molecule has 0 amide bonds. The standard InChI is InChI=1S/C17H18FNO4S/c1-11-7-8-14(17(20)23-3)10-16(11)24(21,22)19-12(2)13-5-4-6-15(18)9-13/h4-10,12,19H,1-3H3/t12-/m1/s1. The maximum Gasteiger partial charge on any atom is 0.337 e. The SMILES string of the molecule is COC(=O)c1ccc(C)c(S(=O)(=O)N[C@H](C)c2cccc(F)c2)c1. The first-order valence-electron chi connectivity index (χ1n) is 7.21. The number of hydrogen-bond donors (Lipinski definition) is 1. The number of esters is 1. The summed E-state index contributed by atoms with van der Waals surface area (Å²) in [4.78, 5) is 11.6. The second-order valence-corrected chi connectivity index (χ2v) is 7.05. The van der Waals surface area contributed by atoms with Crippen LogP contribution in [0.5, 0.6) is 0 Å². The Morgan fingerprint density at radius 2 is 1.92 bits per heavy atom. The van der Waals surface area contributed by atoms with Gasteiger partial charge in [0.05, 0.1) is 17.6 Å². The third kappa shape index (κ3) is 3.98. The van der Waals surface area contributed by atoms with Crippen LogP contribution in [0.15, 0.2) is 47.4 Å². The fourth-order valence-corrected chi connectivity index (χ4v) is 3.78. The molecule has 7 heteroatoms. The first kappa shape index (κ1) is 18.1. The van der Waals surface area contributed by atoms with Gasteiger partial charge in [0.15, 0.2) is 0 Å². The molecular formula is C17H18FNO4S. The van der Waals surface area contributed by atoms with E-state index in [2.05, 4.69) is 9.46 Å². The van der Waals surface area contributed by atoms with Crippen LogP contribution in [0.4, 0.5) is 4.39 Å². The monoisotopic (exact) mass is 351 g/mol. The van der Waals surface area contributed by atoms with Crippen LogP contribution < -0.4 is 4.72 Å². The molecule has 0 heterocycles. The highest BCUT2D eigenvalue weighted by Gasteiger charge is 2.22. The molecule has 0 saturated heterocycles. The van der Waals surface area contributed by atoms with Gasteiger partial charge in [0.25, 0.3) is 0 Å². The van der Waals surface area contributed by atoms with Gasteiger partial charge in [-0.3, -0.25) is 0 Å². The Kier molecular flexibility index (Phi) is 5.36. The topological polar surface area (TPSA) is 72.5 Å². The molecule has 2 rings (SSSR count). The van der Waals surface area contributed by atoms with E-state index in [1.807, 2.05) is 0 Å². The molecular weight excluding hydrogens is 333 g/mol. The van der Waals surface area contributed by atoms with E-state index in [1.54, 1.807) is 19.9 Å². The summed E-state index contributed by atoms with van der Waals surface area (Å²) in [5.41, 5.74) is 1.13. The summed E-state index contributed by atoms with van der Waals surface area (Å²) in [6.45, 7) is 3.24. The third-order valence-electron chi connectivity index (χ3n) is 3.58. The fourth-order valence-electron chi connectivity index (χ4n) is 2.27. The van der Waals surface area contributed by atoms with Crippen LogP contribution in [0.2, 0.25) is 0 Å². The van der Waals surface area contributed by atoms with Crippen LogP contribution in [0.25, 0.3) is 0 Å². The zero-order chi connectivity index (χ0) is 17.9. The van der Waals surface area contributed by atoms with E-state index in [4.69, 9.17) is 0 Å². The molecule has 1 atom stereocenters. The smallest absolute Gasteiger partial charge is 0.337 e. The highest BCUT2D eigenvalue weighted by molar-refractivity contribution is 7.89. The van der Waals surface area contributed by atoms with Crippen LogP contribution in [0.3, 0.4) is 0 Å². The van der Waals surface area contributed by atoms with Crippen molar-refractivity contribution in [3.63, 3.8) is 0 Å². The highest BCUT2D eigenvalue weighted by atomic mass is 32.2. The average molecular weight is 351 g/mol. The number of methoxy groups -OCH3 is 1. The van der Waals surface area contributed by atoms with Crippen molar-refractivity contribution in [3.05, 3.63) is 65.0 Å². The number of aryl methyl sites for hydroxylation is 1. The van der Waals surface area contributed by atoms with E-state index in [1.165, 1.54) is 43.5 Å². The Bertz CT molecular complexity index is 865. The van der Waals surface area contributed by atoms with Gasteiger partial charge in [0.2, 0.25) is 10.0 Å². The van der Waals surface area contributed by atoms with Crippen molar-refractivity contribution in [2.45, 2.75) is 24.8 Å². The lowest BCUT2D eigenvalue weighted by Gasteiger charge is -2.16. The molecule has 0 saturated carbocycles. The quantitative estimate of drug-likeness (QED) is 0.841. The Morgan fingerprint density at radius 3 is 2.54 bits per heavy atom. The number of rotatable bonds is 5. The Labute approximate surface area is 140 Å². The molecule has 2 aromatic rings. The lowest BCUT2D eigenvalue weighted by atomic mass is 10.1. The van der Waals surface area contributed by atoms with Crippen LogP contribution >= 0.6 is 0 Å². The number of halogens is 1. The van der Waals surface area contributed by atoms with Crippen molar-refractivity contribution >= 4 is 16.0 Å². The normalized spacial score (nSPS) is 12.7. The zero-order valence-corrected chi connectivity index (χ0v) is 14.4. The first-order chi connectivity index (χ1) is 11.2. The molecule has 0 aliphatic heterocycles. The molecule has 24 heavy (non-hydrogen) atoms. The Balaban J connectivity index is 2.35. The number of carbonyl (C=O) groups is 1. The minimum Gasteiger partial charge on any atom is -0.465 e.